The van der Waals surface area contributed by atoms with Gasteiger partial charge in [-0.2, -0.15) is 0 Å². The molecule has 1 heteroatoms. The molecule has 2 aliphatic carbocycles. The van der Waals surface area contributed by atoms with E-state index in [0.29, 0.717) is 6.04 Å². The van der Waals surface area contributed by atoms with E-state index in [2.05, 4.69) is 13.8 Å². The molecule has 2 aliphatic rings. The summed E-state index contributed by atoms with van der Waals surface area (Å²) in [6.45, 7) is 4.57. The minimum absolute atomic E-state index is 0.425. The van der Waals surface area contributed by atoms with Crippen molar-refractivity contribution in [3.05, 3.63) is 22.3 Å². The number of allylic oxidation sites excluding steroid dienone is 2. The molecule has 2 N–H and O–H groups in total. The van der Waals surface area contributed by atoms with Crippen LogP contribution in [0.3, 0.4) is 0 Å². The van der Waals surface area contributed by atoms with E-state index in [-0.39, 0.29) is 0 Å². The van der Waals surface area contributed by atoms with E-state index in [1.807, 2.05) is 0 Å². The zero-order chi connectivity index (χ0) is 10.1. The third-order valence-electron chi connectivity index (χ3n) is 3.72. The van der Waals surface area contributed by atoms with E-state index >= 15 is 0 Å². The molecule has 0 bridgehead atoms. The fraction of sp³-hybridized carbons (Fsp3) is 0.692. The van der Waals surface area contributed by atoms with E-state index in [1.165, 1.54) is 25.7 Å². The minimum atomic E-state index is 0.425. The maximum atomic E-state index is 6.01. The van der Waals surface area contributed by atoms with E-state index < -0.39 is 0 Å². The van der Waals surface area contributed by atoms with Crippen LogP contribution in [0.2, 0.25) is 0 Å². The van der Waals surface area contributed by atoms with E-state index in [0.717, 1.165) is 12.8 Å². The number of nitrogens with two attached hydrogens (primary N) is 1. The van der Waals surface area contributed by atoms with Crippen molar-refractivity contribution in [2.75, 3.05) is 0 Å². The molecule has 0 atom stereocenters. The van der Waals surface area contributed by atoms with Crippen molar-refractivity contribution < 1.29 is 0 Å². The summed E-state index contributed by atoms with van der Waals surface area (Å²) >= 11 is 0. The van der Waals surface area contributed by atoms with E-state index in [1.54, 1.807) is 22.3 Å². The lowest BCUT2D eigenvalue weighted by Crippen LogP contribution is -2.15. The van der Waals surface area contributed by atoms with Crippen molar-refractivity contribution in [2.24, 2.45) is 5.73 Å². The highest BCUT2D eigenvalue weighted by molar-refractivity contribution is 5.38. The summed E-state index contributed by atoms with van der Waals surface area (Å²) in [5, 5.41) is 0. The van der Waals surface area contributed by atoms with Crippen molar-refractivity contribution in [1.29, 1.82) is 0 Å². The molecule has 0 amide bonds. The van der Waals surface area contributed by atoms with Gasteiger partial charge < -0.3 is 5.73 Å². The second kappa shape index (κ2) is 3.90. The normalized spacial score (nSPS) is 23.4. The Kier molecular flexibility index (Phi) is 2.78. The highest BCUT2D eigenvalue weighted by Crippen LogP contribution is 2.40. The molecule has 0 saturated carbocycles. The zero-order valence-electron chi connectivity index (χ0n) is 9.40. The van der Waals surface area contributed by atoms with Gasteiger partial charge in [0.25, 0.3) is 0 Å². The zero-order valence-corrected chi connectivity index (χ0v) is 9.40. The summed E-state index contributed by atoms with van der Waals surface area (Å²) < 4.78 is 0. The van der Waals surface area contributed by atoms with Gasteiger partial charge in [-0.1, -0.05) is 36.1 Å². The molecule has 0 spiro atoms. The van der Waals surface area contributed by atoms with Gasteiger partial charge in [-0.3, -0.25) is 0 Å². The molecule has 0 radical (unpaired) electrons. The Hall–Kier alpha value is -0.560. The molecular formula is C13H21N. The number of hydrogen-bond donors (Lipinski definition) is 1. The first kappa shape index (κ1) is 9.97. The van der Waals surface area contributed by atoms with Gasteiger partial charge in [0, 0.05) is 6.04 Å². The highest BCUT2D eigenvalue weighted by Gasteiger charge is 2.26. The van der Waals surface area contributed by atoms with Gasteiger partial charge >= 0.3 is 0 Å². The summed E-state index contributed by atoms with van der Waals surface area (Å²) in [5.74, 6) is 0. The van der Waals surface area contributed by atoms with Crippen LogP contribution in [0.5, 0.6) is 0 Å². The maximum absolute atomic E-state index is 6.01. The van der Waals surface area contributed by atoms with Crippen LogP contribution >= 0.6 is 0 Å². The largest absolute Gasteiger partial charge is 0.327 e. The molecule has 0 aliphatic heterocycles. The predicted molar refractivity (Wildman–Crippen MR) is 61.1 cm³/mol. The topological polar surface area (TPSA) is 26.0 Å². The van der Waals surface area contributed by atoms with Gasteiger partial charge in [0.1, 0.15) is 0 Å². The Morgan fingerprint density at radius 2 is 1.43 bits per heavy atom. The fourth-order valence-corrected chi connectivity index (χ4v) is 2.90. The summed E-state index contributed by atoms with van der Waals surface area (Å²) in [6, 6.07) is 0.425. The molecule has 78 valence electrons. The van der Waals surface area contributed by atoms with Gasteiger partial charge in [0.15, 0.2) is 0 Å². The highest BCUT2D eigenvalue weighted by atomic mass is 14.6. The van der Waals surface area contributed by atoms with Crippen LogP contribution < -0.4 is 5.73 Å². The minimum Gasteiger partial charge on any atom is -0.327 e. The predicted octanol–water partition coefficient (Wildman–Crippen LogP) is 3.31. The lowest BCUT2D eigenvalue weighted by atomic mass is 9.85. The Morgan fingerprint density at radius 3 is 1.79 bits per heavy atom. The first-order valence-corrected chi connectivity index (χ1v) is 5.89. The van der Waals surface area contributed by atoms with Crippen molar-refractivity contribution in [1.82, 2.24) is 0 Å². The van der Waals surface area contributed by atoms with Gasteiger partial charge in [0.05, 0.1) is 0 Å². The van der Waals surface area contributed by atoms with E-state index in [4.69, 9.17) is 5.73 Å². The van der Waals surface area contributed by atoms with Crippen molar-refractivity contribution in [2.45, 2.75) is 58.4 Å². The molecule has 0 aromatic carbocycles. The molecule has 0 aromatic rings. The molecule has 0 heterocycles. The van der Waals surface area contributed by atoms with Crippen molar-refractivity contribution in [3.63, 3.8) is 0 Å². The average Bonchev–Trinajstić information content (AvgIpc) is 2.54. The maximum Gasteiger partial charge on any atom is 0.0114 e. The van der Waals surface area contributed by atoms with Crippen LogP contribution in [-0.4, -0.2) is 6.04 Å². The molecular weight excluding hydrogens is 170 g/mol. The van der Waals surface area contributed by atoms with Crippen LogP contribution in [0, 0.1) is 0 Å². The van der Waals surface area contributed by atoms with Gasteiger partial charge in [0.2, 0.25) is 0 Å². The second-order valence-corrected chi connectivity index (χ2v) is 4.64. The van der Waals surface area contributed by atoms with Crippen LogP contribution in [0.15, 0.2) is 22.3 Å². The third-order valence-corrected chi connectivity index (χ3v) is 3.72. The molecule has 0 aromatic heterocycles. The first-order valence-electron chi connectivity index (χ1n) is 5.89. The quantitative estimate of drug-likeness (QED) is 0.666. The van der Waals surface area contributed by atoms with Gasteiger partial charge in [-0.25, -0.2) is 0 Å². The summed E-state index contributed by atoms with van der Waals surface area (Å²) in [5.41, 5.74) is 12.7. The average molecular weight is 191 g/mol. The summed E-state index contributed by atoms with van der Waals surface area (Å²) in [7, 11) is 0. The molecule has 1 nitrogen and oxygen atoms in total. The molecule has 0 fully saturated rings. The lowest BCUT2D eigenvalue weighted by Gasteiger charge is -2.21. The van der Waals surface area contributed by atoms with Gasteiger partial charge in [-0.05, 0) is 38.5 Å². The molecule has 2 rings (SSSR count). The Bertz CT molecular complexity index is 268. The monoisotopic (exact) mass is 191 g/mol. The van der Waals surface area contributed by atoms with E-state index in [9.17, 15) is 0 Å². The van der Waals surface area contributed by atoms with Crippen LogP contribution in [-0.2, 0) is 0 Å². The summed E-state index contributed by atoms with van der Waals surface area (Å²) in [6.07, 6.45) is 7.27. The molecule has 0 saturated heterocycles. The number of rotatable bonds is 2. The second-order valence-electron chi connectivity index (χ2n) is 4.64. The Morgan fingerprint density at radius 1 is 1.00 bits per heavy atom. The smallest absolute Gasteiger partial charge is 0.0114 e. The first-order chi connectivity index (χ1) is 6.74. The van der Waals surface area contributed by atoms with Crippen LogP contribution in [0.4, 0.5) is 0 Å². The fourth-order valence-electron chi connectivity index (χ4n) is 2.90. The Labute approximate surface area is 87.1 Å². The SMILES string of the molecule is CCC1=C(CC)CC2=C(C1)CC(N)C2. The van der Waals surface area contributed by atoms with Crippen molar-refractivity contribution >= 4 is 0 Å². The molecule has 0 unspecified atom stereocenters. The van der Waals surface area contributed by atoms with Crippen LogP contribution in [0.1, 0.15) is 52.4 Å². The standard InChI is InChI=1S/C13H21N/c1-3-9-5-11-7-13(14)8-12(11)6-10(9)4-2/h13H,3-8,14H2,1-2H3. The van der Waals surface area contributed by atoms with Gasteiger partial charge in [-0.15, -0.1) is 0 Å². The molecule has 14 heavy (non-hydrogen) atoms. The lowest BCUT2D eigenvalue weighted by molar-refractivity contribution is 0.705. The van der Waals surface area contributed by atoms with Crippen LogP contribution in [0.25, 0.3) is 0 Å². The summed E-state index contributed by atoms with van der Waals surface area (Å²) in [4.78, 5) is 0. The van der Waals surface area contributed by atoms with Crippen molar-refractivity contribution in [3.8, 4) is 0 Å². The Balaban J connectivity index is 2.16. The third kappa shape index (κ3) is 1.66. The number of hydrogen-bond acceptors (Lipinski definition) is 1.